The van der Waals surface area contributed by atoms with Crippen molar-refractivity contribution in [3.05, 3.63) is 102 Å². The van der Waals surface area contributed by atoms with Crippen molar-refractivity contribution >= 4 is 0 Å². The van der Waals surface area contributed by atoms with Crippen LogP contribution in [0.1, 0.15) is 22.6 Å². The second kappa shape index (κ2) is 6.60. The van der Waals surface area contributed by atoms with E-state index in [2.05, 4.69) is 48.5 Å². The Kier molecular flexibility index (Phi) is 4.17. The summed E-state index contributed by atoms with van der Waals surface area (Å²) in [6.45, 7) is 0. The summed E-state index contributed by atoms with van der Waals surface area (Å²) in [7, 11) is 0. The summed E-state index contributed by atoms with van der Waals surface area (Å²) in [5.74, 6) is 0.727. The van der Waals surface area contributed by atoms with Gasteiger partial charge in [-0.05, 0) is 28.8 Å². The largest absolute Gasteiger partial charge is 0.388 e. The van der Waals surface area contributed by atoms with E-state index in [1.165, 1.54) is 16.7 Å². The molecule has 3 aromatic carbocycles. The molecule has 3 aromatic rings. The summed E-state index contributed by atoms with van der Waals surface area (Å²) in [6.07, 6.45) is 1.70. The third kappa shape index (κ3) is 2.99. The van der Waals surface area contributed by atoms with Crippen molar-refractivity contribution in [3.8, 4) is 12.0 Å². The average Bonchev–Trinajstić information content (AvgIpc) is 2.59. The zero-order valence-electron chi connectivity index (χ0n) is 12.0. The van der Waals surface area contributed by atoms with Gasteiger partial charge in [0.2, 0.25) is 0 Å². The lowest BCUT2D eigenvalue weighted by molar-refractivity contribution is 0.507. The van der Waals surface area contributed by atoms with Gasteiger partial charge in [-0.3, -0.25) is 0 Å². The maximum absolute atomic E-state index is 8.58. The van der Waals surface area contributed by atoms with Crippen molar-refractivity contribution in [2.75, 3.05) is 0 Å². The highest BCUT2D eigenvalue weighted by molar-refractivity contribution is 5.44. The summed E-state index contributed by atoms with van der Waals surface area (Å²) >= 11 is 0. The van der Waals surface area contributed by atoms with Crippen LogP contribution in [0.3, 0.4) is 0 Å². The molecule has 106 valence electrons. The molecule has 0 atom stereocenters. The minimum Gasteiger partial charge on any atom is -0.388 e. The molecule has 0 aliphatic heterocycles. The van der Waals surface area contributed by atoms with E-state index < -0.39 is 0 Å². The molecule has 2 heteroatoms. The Balaban J connectivity index is 2.04. The van der Waals surface area contributed by atoms with Crippen molar-refractivity contribution < 1.29 is 4.74 Å². The first-order valence-corrected chi connectivity index (χ1v) is 7.14. The predicted octanol–water partition coefficient (Wildman–Crippen LogP) is 4.73. The molecule has 0 N–H and O–H groups in total. The summed E-state index contributed by atoms with van der Waals surface area (Å²) in [5.41, 5.74) is 3.65. The highest BCUT2D eigenvalue weighted by atomic mass is 16.5. The fraction of sp³-hybridized carbons (Fsp3) is 0.0500. The lowest BCUT2D eigenvalue weighted by atomic mass is 9.85. The first-order chi connectivity index (χ1) is 10.9. The lowest BCUT2D eigenvalue weighted by Gasteiger charge is -2.19. The Morgan fingerprint density at radius 1 is 0.636 bits per heavy atom. The van der Waals surface area contributed by atoms with Crippen molar-refractivity contribution in [3.63, 3.8) is 0 Å². The van der Waals surface area contributed by atoms with Crippen LogP contribution in [0.2, 0.25) is 0 Å². The number of hydrogen-bond acceptors (Lipinski definition) is 2. The number of ether oxygens (including phenoxy) is 1. The Bertz CT molecular complexity index is 719. The molecule has 0 bridgehead atoms. The minimum absolute atomic E-state index is 0.165. The molecule has 0 unspecified atom stereocenters. The smallest absolute Gasteiger partial charge is 0.292 e. The van der Waals surface area contributed by atoms with E-state index >= 15 is 0 Å². The van der Waals surface area contributed by atoms with Crippen LogP contribution in [0.5, 0.6) is 5.75 Å². The number of hydrogen-bond donors (Lipinski definition) is 0. The predicted molar refractivity (Wildman–Crippen MR) is 86.5 cm³/mol. The van der Waals surface area contributed by atoms with Gasteiger partial charge < -0.3 is 4.74 Å². The van der Waals surface area contributed by atoms with Gasteiger partial charge >= 0.3 is 0 Å². The van der Waals surface area contributed by atoms with E-state index in [0.29, 0.717) is 5.75 Å². The molecule has 0 saturated heterocycles. The van der Waals surface area contributed by atoms with Crippen molar-refractivity contribution in [1.29, 1.82) is 5.26 Å². The first-order valence-electron chi connectivity index (χ1n) is 7.14. The molecular weight excluding hydrogens is 270 g/mol. The third-order valence-corrected chi connectivity index (χ3v) is 3.64. The number of benzene rings is 3. The molecule has 0 aromatic heterocycles. The molecule has 0 spiro atoms. The van der Waals surface area contributed by atoms with Crippen LogP contribution >= 0.6 is 0 Å². The molecular formula is C20H15NO. The molecule has 0 radical (unpaired) electrons. The van der Waals surface area contributed by atoms with Gasteiger partial charge in [-0.2, -0.15) is 0 Å². The third-order valence-electron chi connectivity index (χ3n) is 3.64. The van der Waals surface area contributed by atoms with Crippen LogP contribution < -0.4 is 4.74 Å². The van der Waals surface area contributed by atoms with E-state index in [-0.39, 0.29) is 5.92 Å². The highest BCUT2D eigenvalue weighted by Crippen LogP contribution is 2.32. The van der Waals surface area contributed by atoms with Gasteiger partial charge in [0.15, 0.2) is 0 Å². The summed E-state index contributed by atoms with van der Waals surface area (Å²) in [6, 6.07) is 28.5. The van der Waals surface area contributed by atoms with Gasteiger partial charge in [0.1, 0.15) is 5.75 Å². The molecule has 22 heavy (non-hydrogen) atoms. The van der Waals surface area contributed by atoms with E-state index in [9.17, 15) is 0 Å². The zero-order valence-corrected chi connectivity index (χ0v) is 12.0. The maximum Gasteiger partial charge on any atom is 0.292 e. The molecule has 0 heterocycles. The standard InChI is InChI=1S/C20H15NO/c21-15-22-19-13-11-18(12-14-19)20(16-7-3-1-4-8-16)17-9-5-2-6-10-17/h1-14,20H. The summed E-state index contributed by atoms with van der Waals surface area (Å²) in [4.78, 5) is 0. The maximum atomic E-state index is 8.58. The SMILES string of the molecule is N#COc1ccc(C(c2ccccc2)c2ccccc2)cc1. The Hall–Kier alpha value is -3.05. The molecule has 0 saturated carbocycles. The van der Waals surface area contributed by atoms with Crippen LogP contribution in [0.25, 0.3) is 0 Å². The Labute approximate surface area is 130 Å². The second-order valence-corrected chi connectivity index (χ2v) is 5.02. The number of nitriles is 1. The quantitative estimate of drug-likeness (QED) is 0.513. The van der Waals surface area contributed by atoms with Crippen molar-refractivity contribution in [2.24, 2.45) is 0 Å². The molecule has 0 fully saturated rings. The van der Waals surface area contributed by atoms with Gasteiger partial charge in [0.05, 0.1) is 0 Å². The summed E-state index contributed by atoms with van der Waals surface area (Å²) in [5, 5.41) is 8.58. The minimum atomic E-state index is 0.165. The van der Waals surface area contributed by atoms with E-state index in [0.717, 1.165) is 0 Å². The normalized spacial score (nSPS) is 10.2. The van der Waals surface area contributed by atoms with E-state index in [1.54, 1.807) is 6.26 Å². The molecule has 0 aliphatic rings. The first kappa shape index (κ1) is 13.9. The van der Waals surface area contributed by atoms with Crippen LogP contribution in [0.4, 0.5) is 0 Å². The van der Waals surface area contributed by atoms with Gasteiger partial charge in [0, 0.05) is 5.92 Å². The fourth-order valence-electron chi connectivity index (χ4n) is 2.65. The van der Waals surface area contributed by atoms with Gasteiger partial charge in [0.25, 0.3) is 6.26 Å². The van der Waals surface area contributed by atoms with Gasteiger partial charge in [-0.15, -0.1) is 5.26 Å². The molecule has 2 nitrogen and oxygen atoms in total. The van der Waals surface area contributed by atoms with Crippen LogP contribution in [0, 0.1) is 11.5 Å². The Morgan fingerprint density at radius 2 is 1.09 bits per heavy atom. The Morgan fingerprint density at radius 3 is 1.55 bits per heavy atom. The molecule has 0 aliphatic carbocycles. The van der Waals surface area contributed by atoms with Crippen LogP contribution in [0.15, 0.2) is 84.9 Å². The fourth-order valence-corrected chi connectivity index (χ4v) is 2.65. The van der Waals surface area contributed by atoms with E-state index in [1.807, 2.05) is 36.4 Å². The van der Waals surface area contributed by atoms with Crippen molar-refractivity contribution in [2.45, 2.75) is 5.92 Å². The average molecular weight is 285 g/mol. The lowest BCUT2D eigenvalue weighted by Crippen LogP contribution is -2.03. The second-order valence-electron chi connectivity index (χ2n) is 5.02. The van der Waals surface area contributed by atoms with E-state index in [4.69, 9.17) is 10.00 Å². The molecule has 0 amide bonds. The number of nitrogens with zero attached hydrogens (tertiary/aromatic N) is 1. The van der Waals surface area contributed by atoms with Crippen LogP contribution in [-0.4, -0.2) is 0 Å². The van der Waals surface area contributed by atoms with Crippen molar-refractivity contribution in [1.82, 2.24) is 0 Å². The van der Waals surface area contributed by atoms with Gasteiger partial charge in [-0.25, -0.2) is 0 Å². The zero-order chi connectivity index (χ0) is 15.2. The highest BCUT2D eigenvalue weighted by Gasteiger charge is 2.16. The topological polar surface area (TPSA) is 33.0 Å². The van der Waals surface area contributed by atoms with Gasteiger partial charge in [-0.1, -0.05) is 72.8 Å². The summed E-state index contributed by atoms with van der Waals surface area (Å²) < 4.78 is 4.86. The monoisotopic (exact) mass is 285 g/mol. The van der Waals surface area contributed by atoms with Crippen LogP contribution in [-0.2, 0) is 0 Å². The number of rotatable bonds is 4. The molecule has 3 rings (SSSR count).